The van der Waals surface area contributed by atoms with E-state index in [4.69, 9.17) is 11.6 Å². The fourth-order valence-corrected chi connectivity index (χ4v) is 4.00. The molecular weight excluding hydrogens is 290 g/mol. The fourth-order valence-electron chi connectivity index (χ4n) is 2.45. The summed E-state index contributed by atoms with van der Waals surface area (Å²) in [5.41, 5.74) is 2.96. The highest BCUT2D eigenvalue weighted by Gasteiger charge is 2.25. The molecule has 1 aromatic carbocycles. The van der Waals surface area contributed by atoms with Gasteiger partial charge in [-0.2, -0.15) is 0 Å². The van der Waals surface area contributed by atoms with Crippen molar-refractivity contribution >= 4 is 27.5 Å². The Balaban J connectivity index is 2.59. The molecule has 0 bridgehead atoms. The second-order valence-corrected chi connectivity index (χ2v) is 6.22. The van der Waals surface area contributed by atoms with Gasteiger partial charge in [-0.25, -0.2) is 4.39 Å². The van der Waals surface area contributed by atoms with Crippen LogP contribution in [0.4, 0.5) is 4.39 Å². The van der Waals surface area contributed by atoms with E-state index in [-0.39, 0.29) is 10.6 Å². The Morgan fingerprint density at radius 2 is 2.19 bits per heavy atom. The number of benzene rings is 1. The summed E-state index contributed by atoms with van der Waals surface area (Å²) in [4.78, 5) is 0.230. The molecule has 2 rings (SSSR count). The van der Waals surface area contributed by atoms with Crippen molar-refractivity contribution in [1.29, 1.82) is 0 Å². The zero-order valence-electron chi connectivity index (χ0n) is 9.49. The van der Waals surface area contributed by atoms with E-state index in [9.17, 15) is 4.39 Å². The molecule has 1 aromatic rings. The van der Waals surface area contributed by atoms with Crippen molar-refractivity contribution in [2.24, 2.45) is 5.92 Å². The van der Waals surface area contributed by atoms with Crippen LogP contribution in [-0.4, -0.2) is 0 Å². The number of alkyl halides is 1. The van der Waals surface area contributed by atoms with Gasteiger partial charge >= 0.3 is 0 Å². The SMILES string of the molecule is Cc1c(F)cc(Cl)c2c1C(Br)CC(C)CC2. The minimum Gasteiger partial charge on any atom is -0.207 e. The third kappa shape index (κ3) is 2.14. The Morgan fingerprint density at radius 3 is 2.88 bits per heavy atom. The Morgan fingerprint density at radius 1 is 1.50 bits per heavy atom. The van der Waals surface area contributed by atoms with Crippen LogP contribution >= 0.6 is 27.5 Å². The maximum absolute atomic E-state index is 13.7. The molecule has 0 fully saturated rings. The van der Waals surface area contributed by atoms with E-state index < -0.39 is 0 Å². The zero-order chi connectivity index (χ0) is 11.9. The molecule has 2 unspecified atom stereocenters. The van der Waals surface area contributed by atoms with Gasteiger partial charge in [0.15, 0.2) is 0 Å². The number of halogens is 3. The van der Waals surface area contributed by atoms with Crippen LogP contribution < -0.4 is 0 Å². The molecule has 0 aromatic heterocycles. The molecular formula is C13H15BrClF. The third-order valence-corrected chi connectivity index (χ3v) is 4.61. The number of hydrogen-bond acceptors (Lipinski definition) is 0. The Hall–Kier alpha value is -0.0800. The number of hydrogen-bond donors (Lipinski definition) is 0. The van der Waals surface area contributed by atoms with Crippen LogP contribution in [0.15, 0.2) is 6.07 Å². The van der Waals surface area contributed by atoms with Gasteiger partial charge in [0.05, 0.1) is 0 Å². The summed E-state index contributed by atoms with van der Waals surface area (Å²) < 4.78 is 13.7. The van der Waals surface area contributed by atoms with Gasteiger partial charge in [-0.3, -0.25) is 0 Å². The first kappa shape index (κ1) is 12.4. The molecule has 0 saturated carbocycles. The summed E-state index contributed by atoms with van der Waals surface area (Å²) in [6.45, 7) is 4.08. The maximum atomic E-state index is 13.7. The first-order chi connectivity index (χ1) is 7.50. The van der Waals surface area contributed by atoms with Gasteiger partial charge in [0, 0.05) is 9.85 Å². The molecule has 16 heavy (non-hydrogen) atoms. The van der Waals surface area contributed by atoms with E-state index in [1.165, 1.54) is 6.07 Å². The maximum Gasteiger partial charge on any atom is 0.127 e. The number of rotatable bonds is 0. The summed E-state index contributed by atoms with van der Waals surface area (Å²) in [5.74, 6) is 0.457. The van der Waals surface area contributed by atoms with Crippen molar-refractivity contribution in [1.82, 2.24) is 0 Å². The van der Waals surface area contributed by atoms with Gasteiger partial charge in [0.1, 0.15) is 5.82 Å². The lowest BCUT2D eigenvalue weighted by molar-refractivity contribution is 0.508. The molecule has 0 nitrogen and oxygen atoms in total. The lowest BCUT2D eigenvalue weighted by Crippen LogP contribution is -2.01. The van der Waals surface area contributed by atoms with E-state index in [2.05, 4.69) is 22.9 Å². The lowest BCUT2D eigenvalue weighted by atomic mass is 9.97. The minimum absolute atomic E-state index is 0.192. The first-order valence-corrected chi connectivity index (χ1v) is 6.91. The van der Waals surface area contributed by atoms with Crippen LogP contribution in [0.2, 0.25) is 5.02 Å². The van der Waals surface area contributed by atoms with Crippen LogP contribution in [0.5, 0.6) is 0 Å². The molecule has 0 aliphatic heterocycles. The zero-order valence-corrected chi connectivity index (χ0v) is 11.8. The molecule has 1 aliphatic rings. The van der Waals surface area contributed by atoms with E-state index in [1.807, 2.05) is 6.92 Å². The predicted octanol–water partition coefficient (Wildman–Crippen LogP) is 5.20. The number of fused-ring (bicyclic) bond motifs is 1. The molecule has 2 atom stereocenters. The Kier molecular flexibility index (Phi) is 3.60. The molecule has 1 aliphatic carbocycles. The summed E-state index contributed by atoms with van der Waals surface area (Å²) in [5, 5.41) is 0.580. The van der Waals surface area contributed by atoms with Gasteiger partial charge in [0.2, 0.25) is 0 Å². The van der Waals surface area contributed by atoms with Crippen molar-refractivity contribution in [3.05, 3.63) is 33.6 Å². The normalized spacial score (nSPS) is 25.1. The van der Waals surface area contributed by atoms with Gasteiger partial charge in [-0.05, 0) is 54.9 Å². The molecule has 0 saturated heterocycles. The summed E-state index contributed by atoms with van der Waals surface area (Å²) in [6.07, 6.45) is 3.13. The molecule has 88 valence electrons. The highest BCUT2D eigenvalue weighted by molar-refractivity contribution is 9.09. The van der Waals surface area contributed by atoms with Crippen molar-refractivity contribution < 1.29 is 4.39 Å². The monoisotopic (exact) mass is 304 g/mol. The highest BCUT2D eigenvalue weighted by atomic mass is 79.9. The molecule has 0 N–H and O–H groups in total. The quantitative estimate of drug-likeness (QED) is 0.457. The van der Waals surface area contributed by atoms with E-state index in [0.29, 0.717) is 10.9 Å². The van der Waals surface area contributed by atoms with E-state index in [0.717, 1.165) is 36.0 Å². The highest BCUT2D eigenvalue weighted by Crippen LogP contribution is 2.42. The third-order valence-electron chi connectivity index (χ3n) is 3.44. The van der Waals surface area contributed by atoms with Gasteiger partial charge in [-0.15, -0.1) is 0 Å². The van der Waals surface area contributed by atoms with Crippen molar-refractivity contribution in [2.45, 2.75) is 37.9 Å². The fraction of sp³-hybridized carbons (Fsp3) is 0.538. The van der Waals surface area contributed by atoms with Crippen LogP contribution in [0.25, 0.3) is 0 Å². The standard InChI is InChI=1S/C13H15BrClF/c1-7-3-4-9-11(15)6-12(16)8(2)13(9)10(14)5-7/h6-7,10H,3-5H2,1-2H3. The van der Waals surface area contributed by atoms with Crippen LogP contribution in [0, 0.1) is 18.7 Å². The Bertz CT molecular complexity index is 417. The average Bonchev–Trinajstić information content (AvgIpc) is 2.34. The van der Waals surface area contributed by atoms with Crippen LogP contribution in [0.1, 0.15) is 41.3 Å². The van der Waals surface area contributed by atoms with Gasteiger partial charge in [0.25, 0.3) is 0 Å². The van der Waals surface area contributed by atoms with Crippen molar-refractivity contribution in [3.8, 4) is 0 Å². The topological polar surface area (TPSA) is 0 Å². The van der Waals surface area contributed by atoms with Crippen LogP contribution in [0.3, 0.4) is 0 Å². The molecule has 3 heteroatoms. The molecule has 0 spiro atoms. The van der Waals surface area contributed by atoms with E-state index >= 15 is 0 Å². The molecule has 0 amide bonds. The smallest absolute Gasteiger partial charge is 0.127 e. The minimum atomic E-state index is -0.192. The summed E-state index contributed by atoms with van der Waals surface area (Å²) >= 11 is 9.82. The van der Waals surface area contributed by atoms with Gasteiger partial charge in [-0.1, -0.05) is 34.5 Å². The van der Waals surface area contributed by atoms with Crippen molar-refractivity contribution in [3.63, 3.8) is 0 Å². The van der Waals surface area contributed by atoms with E-state index in [1.54, 1.807) is 0 Å². The molecule has 0 radical (unpaired) electrons. The Labute approximate surface area is 109 Å². The van der Waals surface area contributed by atoms with Crippen LogP contribution in [-0.2, 0) is 6.42 Å². The van der Waals surface area contributed by atoms with Gasteiger partial charge < -0.3 is 0 Å². The first-order valence-electron chi connectivity index (χ1n) is 5.62. The summed E-state index contributed by atoms with van der Waals surface area (Å²) in [6, 6.07) is 1.45. The lowest BCUT2D eigenvalue weighted by Gasteiger charge is -2.17. The second kappa shape index (κ2) is 4.66. The summed E-state index contributed by atoms with van der Waals surface area (Å²) in [7, 11) is 0. The second-order valence-electron chi connectivity index (χ2n) is 4.70. The molecule has 0 heterocycles. The predicted molar refractivity (Wildman–Crippen MR) is 69.9 cm³/mol. The largest absolute Gasteiger partial charge is 0.207 e. The van der Waals surface area contributed by atoms with Crippen molar-refractivity contribution in [2.75, 3.05) is 0 Å². The average molecular weight is 306 g/mol.